The Morgan fingerprint density at radius 3 is 2.31 bits per heavy atom. The van der Waals surface area contributed by atoms with Crippen molar-refractivity contribution in [3.05, 3.63) is 35.4 Å². The lowest BCUT2D eigenvalue weighted by molar-refractivity contribution is 0.383. The molecule has 13 heavy (non-hydrogen) atoms. The summed E-state index contributed by atoms with van der Waals surface area (Å²) in [5, 5.41) is 3.40. The maximum Gasteiger partial charge on any atom is 0.0332 e. The molecule has 0 amide bonds. The first-order valence-corrected chi connectivity index (χ1v) is 4.72. The molecule has 0 aromatic heterocycles. The molecule has 72 valence electrons. The van der Waals surface area contributed by atoms with Crippen molar-refractivity contribution in [2.24, 2.45) is 0 Å². The van der Waals surface area contributed by atoms with Crippen molar-refractivity contribution >= 4 is 12.4 Å². The Balaban J connectivity index is 0.000000845. The highest BCUT2D eigenvalue weighted by atomic mass is 35.5. The molecular weight excluding hydrogens is 182 g/mol. The molecule has 1 nitrogen and oxygen atoms in total. The number of hydrogen-bond donors (Lipinski definition) is 1. The number of nitrogens with one attached hydrogen (secondary N) is 1. The van der Waals surface area contributed by atoms with Crippen LogP contribution in [0.15, 0.2) is 24.3 Å². The van der Waals surface area contributed by atoms with Crippen molar-refractivity contribution in [1.82, 2.24) is 5.32 Å². The summed E-state index contributed by atoms with van der Waals surface area (Å²) >= 11 is 0. The van der Waals surface area contributed by atoms with Crippen molar-refractivity contribution in [2.75, 3.05) is 6.54 Å². The van der Waals surface area contributed by atoms with E-state index < -0.39 is 0 Å². The van der Waals surface area contributed by atoms with Crippen LogP contribution in [0.1, 0.15) is 30.5 Å². The molecule has 0 bridgehead atoms. The van der Waals surface area contributed by atoms with Gasteiger partial charge in [-0.1, -0.05) is 31.2 Å². The quantitative estimate of drug-likeness (QED) is 0.769. The van der Waals surface area contributed by atoms with Gasteiger partial charge in [-0.05, 0) is 30.5 Å². The molecule has 1 aliphatic rings. The van der Waals surface area contributed by atoms with Gasteiger partial charge in [0.15, 0.2) is 0 Å². The summed E-state index contributed by atoms with van der Waals surface area (Å²) in [6, 6.07) is 9.59. The Labute approximate surface area is 86.0 Å². The minimum Gasteiger partial charge on any atom is -0.310 e. The second-order valence-corrected chi connectivity index (χ2v) is 3.39. The molecule has 0 unspecified atom stereocenters. The summed E-state index contributed by atoms with van der Waals surface area (Å²) in [6.45, 7) is 3.37. The van der Waals surface area contributed by atoms with Crippen LogP contribution in [0.4, 0.5) is 0 Å². The van der Waals surface area contributed by atoms with Crippen LogP contribution in [0.3, 0.4) is 0 Å². The third-order valence-electron chi connectivity index (χ3n) is 2.61. The molecular formula is C11H16ClN. The van der Waals surface area contributed by atoms with Crippen LogP contribution in [0.5, 0.6) is 0 Å². The van der Waals surface area contributed by atoms with Crippen molar-refractivity contribution < 1.29 is 0 Å². The van der Waals surface area contributed by atoms with Crippen LogP contribution < -0.4 is 5.32 Å². The molecule has 1 aromatic carbocycles. The van der Waals surface area contributed by atoms with Crippen molar-refractivity contribution in [1.29, 1.82) is 0 Å². The van der Waals surface area contributed by atoms with Gasteiger partial charge in [0.2, 0.25) is 0 Å². The zero-order valence-electron chi connectivity index (χ0n) is 7.92. The van der Waals surface area contributed by atoms with Crippen molar-refractivity contribution in [2.45, 2.75) is 25.8 Å². The van der Waals surface area contributed by atoms with Gasteiger partial charge in [0.05, 0.1) is 0 Å². The normalized spacial score (nSPS) is 20.2. The lowest BCUT2D eigenvalue weighted by atomic mass is 9.97. The summed E-state index contributed by atoms with van der Waals surface area (Å²) in [6.07, 6.45) is 2.43. The zero-order valence-corrected chi connectivity index (χ0v) is 8.73. The highest BCUT2D eigenvalue weighted by Gasteiger charge is 2.17. The molecule has 1 N–H and O–H groups in total. The maximum absolute atomic E-state index is 3.40. The number of rotatable bonds is 2. The summed E-state index contributed by atoms with van der Waals surface area (Å²) in [7, 11) is 0. The van der Waals surface area contributed by atoms with Gasteiger partial charge in [-0.3, -0.25) is 0 Å². The second-order valence-electron chi connectivity index (χ2n) is 3.39. The average Bonchev–Trinajstić information content (AvgIpc) is 2.03. The molecule has 0 radical (unpaired) electrons. The topological polar surface area (TPSA) is 12.0 Å². The van der Waals surface area contributed by atoms with Gasteiger partial charge < -0.3 is 5.32 Å². The fraction of sp³-hybridized carbons (Fsp3) is 0.455. The molecule has 0 saturated carbocycles. The predicted molar refractivity (Wildman–Crippen MR) is 58.4 cm³/mol. The van der Waals surface area contributed by atoms with Gasteiger partial charge in [-0.15, -0.1) is 12.4 Å². The highest BCUT2D eigenvalue weighted by Crippen LogP contribution is 2.22. The van der Waals surface area contributed by atoms with E-state index in [4.69, 9.17) is 0 Å². The fourth-order valence-electron chi connectivity index (χ4n) is 1.56. The molecule has 1 aliphatic heterocycles. The van der Waals surface area contributed by atoms with E-state index >= 15 is 0 Å². The monoisotopic (exact) mass is 197 g/mol. The van der Waals surface area contributed by atoms with E-state index in [0.29, 0.717) is 6.04 Å². The van der Waals surface area contributed by atoms with Gasteiger partial charge in [0.25, 0.3) is 0 Å². The molecule has 1 atom stereocenters. The Morgan fingerprint density at radius 1 is 1.31 bits per heavy atom. The van der Waals surface area contributed by atoms with Gasteiger partial charge >= 0.3 is 0 Å². The van der Waals surface area contributed by atoms with Crippen molar-refractivity contribution in [3.63, 3.8) is 0 Å². The maximum atomic E-state index is 3.40. The van der Waals surface area contributed by atoms with Crippen LogP contribution in [0.2, 0.25) is 0 Å². The van der Waals surface area contributed by atoms with Crippen LogP contribution in [-0.2, 0) is 6.42 Å². The standard InChI is InChI=1S/C11H15N.ClH/c1-2-9-3-5-10(6-4-9)11-7-8-12-11;/h3-6,11-12H,2,7-8H2,1H3;1H/t11-;/m1./s1. The Hall–Kier alpha value is -0.530. The first-order chi connectivity index (χ1) is 5.90. The molecule has 0 aliphatic carbocycles. The number of benzene rings is 1. The van der Waals surface area contributed by atoms with E-state index in [1.807, 2.05) is 0 Å². The fourth-order valence-corrected chi connectivity index (χ4v) is 1.56. The summed E-state index contributed by atoms with van der Waals surface area (Å²) < 4.78 is 0. The minimum absolute atomic E-state index is 0. The molecule has 0 spiro atoms. The van der Waals surface area contributed by atoms with E-state index in [9.17, 15) is 0 Å². The predicted octanol–water partition coefficient (Wildman–Crippen LogP) is 2.71. The minimum atomic E-state index is 0. The Morgan fingerprint density at radius 2 is 1.92 bits per heavy atom. The van der Waals surface area contributed by atoms with Crippen LogP contribution in [0.25, 0.3) is 0 Å². The van der Waals surface area contributed by atoms with Gasteiger partial charge in [0.1, 0.15) is 0 Å². The third kappa shape index (κ3) is 2.23. The van der Waals surface area contributed by atoms with E-state index in [1.54, 1.807) is 0 Å². The number of hydrogen-bond acceptors (Lipinski definition) is 1. The van der Waals surface area contributed by atoms with E-state index in [-0.39, 0.29) is 12.4 Å². The summed E-state index contributed by atoms with van der Waals surface area (Å²) in [5.74, 6) is 0. The molecule has 1 fully saturated rings. The van der Waals surface area contributed by atoms with Crippen LogP contribution in [-0.4, -0.2) is 6.54 Å². The van der Waals surface area contributed by atoms with Gasteiger partial charge in [-0.2, -0.15) is 0 Å². The van der Waals surface area contributed by atoms with E-state index in [2.05, 4.69) is 36.5 Å². The Kier molecular flexibility index (Phi) is 3.76. The van der Waals surface area contributed by atoms with Crippen molar-refractivity contribution in [3.8, 4) is 0 Å². The zero-order chi connectivity index (χ0) is 8.39. The van der Waals surface area contributed by atoms with Crippen LogP contribution >= 0.6 is 12.4 Å². The van der Waals surface area contributed by atoms with Crippen LogP contribution in [0, 0.1) is 0 Å². The summed E-state index contributed by atoms with van der Waals surface area (Å²) in [4.78, 5) is 0. The third-order valence-corrected chi connectivity index (χ3v) is 2.61. The van der Waals surface area contributed by atoms with E-state index in [0.717, 1.165) is 6.42 Å². The summed E-state index contributed by atoms with van der Waals surface area (Å²) in [5.41, 5.74) is 2.87. The second kappa shape index (κ2) is 4.64. The molecule has 2 heteroatoms. The molecule has 1 saturated heterocycles. The SMILES string of the molecule is CCc1ccc([C@H]2CCN2)cc1.Cl. The van der Waals surface area contributed by atoms with Gasteiger partial charge in [0, 0.05) is 6.04 Å². The smallest absolute Gasteiger partial charge is 0.0332 e. The first kappa shape index (κ1) is 10.6. The molecule has 1 aromatic rings. The van der Waals surface area contributed by atoms with E-state index in [1.165, 1.54) is 24.1 Å². The average molecular weight is 198 g/mol. The largest absolute Gasteiger partial charge is 0.310 e. The molecule has 2 rings (SSSR count). The lowest BCUT2D eigenvalue weighted by Crippen LogP contribution is -2.34. The Bertz CT molecular complexity index is 251. The van der Waals surface area contributed by atoms with Gasteiger partial charge in [-0.25, -0.2) is 0 Å². The number of aryl methyl sites for hydroxylation is 1. The lowest BCUT2D eigenvalue weighted by Gasteiger charge is -2.28. The highest BCUT2D eigenvalue weighted by molar-refractivity contribution is 5.85. The molecule has 1 heterocycles. The number of halogens is 1. The first-order valence-electron chi connectivity index (χ1n) is 4.72.